The van der Waals surface area contributed by atoms with Crippen molar-refractivity contribution in [2.24, 2.45) is 0 Å². The van der Waals surface area contributed by atoms with Crippen LogP contribution in [0.2, 0.25) is 5.02 Å². The van der Waals surface area contributed by atoms with Gasteiger partial charge in [0.05, 0.1) is 5.56 Å². The van der Waals surface area contributed by atoms with E-state index in [1.807, 2.05) is 36.7 Å². The molecule has 0 amide bonds. The largest absolute Gasteiger partial charge is 0.236 e. The Balaban J connectivity index is 1.83. The first-order chi connectivity index (χ1) is 10.8. The number of halogens is 1. The monoisotopic (exact) mass is 310 g/mol. The first-order valence-corrected chi connectivity index (χ1v) is 7.53. The molecule has 0 bridgehead atoms. The van der Waals surface area contributed by atoms with Crippen molar-refractivity contribution < 1.29 is 0 Å². The molecule has 1 aromatic carbocycles. The zero-order valence-electron chi connectivity index (χ0n) is 12.2. The van der Waals surface area contributed by atoms with Crippen molar-refractivity contribution in [2.75, 3.05) is 0 Å². The van der Waals surface area contributed by atoms with E-state index >= 15 is 0 Å². The predicted octanol–water partition coefficient (Wildman–Crippen LogP) is 4.21. The lowest BCUT2D eigenvalue weighted by Gasteiger charge is -2.03. The van der Waals surface area contributed by atoms with Gasteiger partial charge in [0.25, 0.3) is 0 Å². The minimum absolute atomic E-state index is 0.641. The molecule has 0 aliphatic carbocycles. The van der Waals surface area contributed by atoms with E-state index in [0.29, 0.717) is 16.7 Å². The Labute approximate surface area is 134 Å². The van der Waals surface area contributed by atoms with Crippen molar-refractivity contribution in [2.45, 2.75) is 19.8 Å². The molecule has 3 rings (SSSR count). The minimum Gasteiger partial charge on any atom is -0.236 e. The van der Waals surface area contributed by atoms with Gasteiger partial charge in [0.1, 0.15) is 0 Å². The lowest BCUT2D eigenvalue weighted by Crippen LogP contribution is -1.95. The van der Waals surface area contributed by atoms with Crippen LogP contribution in [-0.4, -0.2) is 19.9 Å². The first kappa shape index (κ1) is 14.6. The van der Waals surface area contributed by atoms with Crippen molar-refractivity contribution in [3.63, 3.8) is 0 Å². The summed E-state index contributed by atoms with van der Waals surface area (Å²) in [6.45, 7) is 2.14. The van der Waals surface area contributed by atoms with Gasteiger partial charge in [-0.1, -0.05) is 24.9 Å². The van der Waals surface area contributed by atoms with E-state index in [1.165, 1.54) is 0 Å². The highest BCUT2D eigenvalue weighted by Gasteiger charge is 2.05. The second kappa shape index (κ2) is 6.62. The molecule has 0 radical (unpaired) electrons. The van der Waals surface area contributed by atoms with E-state index in [4.69, 9.17) is 11.6 Å². The maximum Gasteiger partial charge on any atom is 0.162 e. The van der Waals surface area contributed by atoms with Crippen LogP contribution in [0.5, 0.6) is 0 Å². The molecule has 0 aliphatic rings. The molecule has 2 aromatic heterocycles. The van der Waals surface area contributed by atoms with Gasteiger partial charge in [0.15, 0.2) is 11.6 Å². The standard InChI is InChI=1S/C17H15ClN4/c1-2-3-12-8-19-17(20-9-12)14-10-21-16(22-11-14)13-4-6-15(18)7-5-13/h4-11H,2-3H2,1H3. The predicted molar refractivity (Wildman–Crippen MR) is 87.5 cm³/mol. The highest BCUT2D eigenvalue weighted by molar-refractivity contribution is 6.30. The van der Waals surface area contributed by atoms with Crippen LogP contribution in [0.1, 0.15) is 18.9 Å². The van der Waals surface area contributed by atoms with Crippen LogP contribution in [0.25, 0.3) is 22.8 Å². The van der Waals surface area contributed by atoms with Gasteiger partial charge in [0.2, 0.25) is 0 Å². The van der Waals surface area contributed by atoms with Gasteiger partial charge in [-0.05, 0) is 36.2 Å². The Morgan fingerprint density at radius 2 is 1.32 bits per heavy atom. The summed E-state index contributed by atoms with van der Waals surface area (Å²) in [5.74, 6) is 1.30. The van der Waals surface area contributed by atoms with Crippen molar-refractivity contribution in [1.29, 1.82) is 0 Å². The van der Waals surface area contributed by atoms with Gasteiger partial charge >= 0.3 is 0 Å². The molecule has 110 valence electrons. The summed E-state index contributed by atoms with van der Waals surface area (Å²) in [4.78, 5) is 17.5. The van der Waals surface area contributed by atoms with Crippen LogP contribution in [0.4, 0.5) is 0 Å². The molecule has 0 spiro atoms. The van der Waals surface area contributed by atoms with E-state index in [2.05, 4.69) is 26.9 Å². The third-order valence-electron chi connectivity index (χ3n) is 3.26. The second-order valence-electron chi connectivity index (χ2n) is 4.97. The molecule has 0 saturated carbocycles. The molecule has 4 nitrogen and oxygen atoms in total. The van der Waals surface area contributed by atoms with Crippen LogP contribution < -0.4 is 0 Å². The summed E-state index contributed by atoms with van der Waals surface area (Å²) < 4.78 is 0. The van der Waals surface area contributed by atoms with E-state index in [0.717, 1.165) is 29.5 Å². The van der Waals surface area contributed by atoms with Crippen LogP contribution in [-0.2, 0) is 6.42 Å². The van der Waals surface area contributed by atoms with Crippen molar-refractivity contribution >= 4 is 11.6 Å². The van der Waals surface area contributed by atoms with Crippen LogP contribution in [0.3, 0.4) is 0 Å². The Morgan fingerprint density at radius 3 is 1.91 bits per heavy atom. The van der Waals surface area contributed by atoms with Gasteiger partial charge in [-0.25, -0.2) is 19.9 Å². The quantitative estimate of drug-likeness (QED) is 0.724. The summed E-state index contributed by atoms with van der Waals surface area (Å²) in [5, 5.41) is 0.695. The number of benzene rings is 1. The fourth-order valence-electron chi connectivity index (χ4n) is 2.11. The van der Waals surface area contributed by atoms with E-state index < -0.39 is 0 Å². The smallest absolute Gasteiger partial charge is 0.162 e. The first-order valence-electron chi connectivity index (χ1n) is 7.15. The molecule has 0 saturated heterocycles. The molecule has 22 heavy (non-hydrogen) atoms. The summed E-state index contributed by atoms with van der Waals surface area (Å²) in [5.41, 5.74) is 2.88. The Kier molecular flexibility index (Phi) is 4.39. The van der Waals surface area contributed by atoms with Gasteiger partial charge in [-0.15, -0.1) is 0 Å². The van der Waals surface area contributed by atoms with Gasteiger partial charge in [-0.2, -0.15) is 0 Å². The Morgan fingerprint density at radius 1 is 0.773 bits per heavy atom. The fourth-order valence-corrected chi connectivity index (χ4v) is 2.24. The number of rotatable bonds is 4. The summed E-state index contributed by atoms with van der Waals surface area (Å²) in [7, 11) is 0. The highest BCUT2D eigenvalue weighted by atomic mass is 35.5. The van der Waals surface area contributed by atoms with Crippen LogP contribution in [0, 0.1) is 0 Å². The van der Waals surface area contributed by atoms with Gasteiger partial charge < -0.3 is 0 Å². The highest BCUT2D eigenvalue weighted by Crippen LogP contribution is 2.19. The van der Waals surface area contributed by atoms with Crippen LogP contribution in [0.15, 0.2) is 49.1 Å². The zero-order chi connectivity index (χ0) is 15.4. The van der Waals surface area contributed by atoms with Crippen molar-refractivity contribution in [3.05, 3.63) is 59.6 Å². The molecule has 0 N–H and O–H groups in total. The average Bonchev–Trinajstić information content (AvgIpc) is 2.57. The number of aromatic nitrogens is 4. The van der Waals surface area contributed by atoms with Gasteiger partial charge in [-0.3, -0.25) is 0 Å². The summed E-state index contributed by atoms with van der Waals surface area (Å²) in [6.07, 6.45) is 9.28. The number of aryl methyl sites for hydroxylation is 1. The van der Waals surface area contributed by atoms with Crippen LogP contribution >= 0.6 is 11.6 Å². The molecular weight excluding hydrogens is 296 g/mol. The fraction of sp³-hybridized carbons (Fsp3) is 0.176. The Hall–Kier alpha value is -2.33. The minimum atomic E-state index is 0.641. The molecule has 3 aromatic rings. The van der Waals surface area contributed by atoms with Gasteiger partial charge in [0, 0.05) is 35.4 Å². The molecule has 2 heterocycles. The number of hydrogen-bond acceptors (Lipinski definition) is 4. The normalized spacial score (nSPS) is 10.6. The molecular formula is C17H15ClN4. The van der Waals surface area contributed by atoms with Crippen molar-refractivity contribution in [1.82, 2.24) is 19.9 Å². The summed E-state index contributed by atoms with van der Waals surface area (Å²) in [6, 6.07) is 7.44. The number of hydrogen-bond donors (Lipinski definition) is 0. The topological polar surface area (TPSA) is 51.6 Å². The average molecular weight is 311 g/mol. The molecule has 5 heteroatoms. The molecule has 0 unspecified atom stereocenters. The SMILES string of the molecule is CCCc1cnc(-c2cnc(-c3ccc(Cl)cc3)nc2)nc1. The summed E-state index contributed by atoms with van der Waals surface area (Å²) >= 11 is 5.88. The third-order valence-corrected chi connectivity index (χ3v) is 3.51. The van der Waals surface area contributed by atoms with Crippen molar-refractivity contribution in [3.8, 4) is 22.8 Å². The zero-order valence-corrected chi connectivity index (χ0v) is 13.0. The maximum absolute atomic E-state index is 5.88. The maximum atomic E-state index is 5.88. The Bertz CT molecular complexity index is 737. The van der Waals surface area contributed by atoms with E-state index in [-0.39, 0.29) is 0 Å². The molecule has 0 aliphatic heterocycles. The van der Waals surface area contributed by atoms with E-state index in [1.54, 1.807) is 12.4 Å². The molecule has 0 atom stereocenters. The second-order valence-corrected chi connectivity index (χ2v) is 5.40. The van der Waals surface area contributed by atoms with E-state index in [9.17, 15) is 0 Å². The third kappa shape index (κ3) is 3.28. The lowest BCUT2D eigenvalue weighted by molar-refractivity contribution is 0.902. The molecule has 0 fully saturated rings. The lowest BCUT2D eigenvalue weighted by atomic mass is 10.2. The number of nitrogens with zero attached hydrogens (tertiary/aromatic N) is 4.